The van der Waals surface area contributed by atoms with E-state index in [9.17, 15) is 24.5 Å². The Morgan fingerprint density at radius 3 is 2.23 bits per heavy atom. The minimum atomic E-state index is -9.81. The molecule has 2 aromatic rings. The van der Waals surface area contributed by atoms with Gasteiger partial charge < -0.3 is 14.6 Å². The summed E-state index contributed by atoms with van der Waals surface area (Å²) in [6.45, 7) is 7.53. The molecule has 4 atom stereocenters. The van der Waals surface area contributed by atoms with Gasteiger partial charge in [-0.25, -0.2) is 0 Å². The van der Waals surface area contributed by atoms with Crippen LogP contribution in [0.15, 0.2) is 29.2 Å². The fourth-order valence-corrected chi connectivity index (χ4v) is 8.14. The van der Waals surface area contributed by atoms with Gasteiger partial charge in [-0.15, -0.1) is 0 Å². The van der Waals surface area contributed by atoms with Crippen LogP contribution in [0.3, 0.4) is 0 Å². The van der Waals surface area contributed by atoms with Crippen molar-refractivity contribution in [2.75, 3.05) is 13.2 Å². The van der Waals surface area contributed by atoms with E-state index >= 15 is 0 Å². The van der Waals surface area contributed by atoms with Gasteiger partial charge in [-0.3, -0.25) is 4.98 Å². The van der Waals surface area contributed by atoms with E-state index in [0.717, 1.165) is 72.3 Å². The Balaban J connectivity index is 1.59. The van der Waals surface area contributed by atoms with Crippen molar-refractivity contribution in [3.05, 3.63) is 57.9 Å². The number of nitrogens with zero attached hydrogens (tertiary/aromatic N) is 1. The van der Waals surface area contributed by atoms with Crippen LogP contribution in [-0.4, -0.2) is 23.3 Å². The van der Waals surface area contributed by atoms with E-state index in [1.54, 1.807) is 0 Å². The minimum Gasteiger partial charge on any atom is -0.388 e. The fourth-order valence-electron chi connectivity index (χ4n) is 7.49. The van der Waals surface area contributed by atoms with Crippen molar-refractivity contribution in [2.24, 2.45) is 11.3 Å². The number of halogens is 5. The van der Waals surface area contributed by atoms with Crippen LogP contribution in [-0.2, 0) is 21.5 Å². The molecule has 0 bridgehead atoms. The van der Waals surface area contributed by atoms with Gasteiger partial charge in [0.1, 0.15) is 11.0 Å². The van der Waals surface area contributed by atoms with Gasteiger partial charge in [0.25, 0.3) is 0 Å². The van der Waals surface area contributed by atoms with Crippen molar-refractivity contribution in [3.63, 3.8) is 0 Å². The molecule has 3 heterocycles. The molecule has 216 valence electrons. The third kappa shape index (κ3) is 4.59. The molecule has 4 nitrogen and oxygen atoms in total. The molecule has 4 unspecified atom stereocenters. The van der Waals surface area contributed by atoms with Gasteiger partial charge in [-0.05, 0) is 79.5 Å². The molecular formula is C29H36F5NO3S. The minimum absolute atomic E-state index is 0.0712. The molecule has 4 aliphatic rings. The highest BCUT2D eigenvalue weighted by molar-refractivity contribution is 8.45. The summed E-state index contributed by atoms with van der Waals surface area (Å²) in [5.74, 6) is 0.184. The highest BCUT2D eigenvalue weighted by Crippen LogP contribution is 3.02. The maximum Gasteiger partial charge on any atom is 0.310 e. The zero-order valence-electron chi connectivity index (χ0n) is 22.5. The lowest BCUT2D eigenvalue weighted by molar-refractivity contribution is -0.0842. The first-order chi connectivity index (χ1) is 18.0. The van der Waals surface area contributed by atoms with Crippen LogP contribution in [0, 0.1) is 11.3 Å². The molecule has 0 radical (unpaired) electrons. The summed E-state index contributed by atoms with van der Waals surface area (Å²) in [4.78, 5) is 3.29. The molecule has 1 saturated heterocycles. The maximum atomic E-state index is 13.5. The Bertz CT molecular complexity index is 1310. The fraction of sp³-hybridized carbons (Fsp3) is 0.621. The average Bonchev–Trinajstić information content (AvgIpc) is 3.37. The second-order valence-corrected chi connectivity index (χ2v) is 15.2. The molecule has 1 N–H and O–H groups in total. The molecule has 2 aliphatic carbocycles. The molecule has 0 amide bonds. The molecule has 6 rings (SSSR count). The first-order valence-corrected chi connectivity index (χ1v) is 15.8. The summed E-state index contributed by atoms with van der Waals surface area (Å²) >= 11 is 0. The van der Waals surface area contributed by atoms with E-state index in [4.69, 9.17) is 14.5 Å². The third-order valence-electron chi connectivity index (χ3n) is 9.34. The molecule has 2 fully saturated rings. The summed E-state index contributed by atoms with van der Waals surface area (Å²) in [6, 6.07) is 3.18. The van der Waals surface area contributed by atoms with Crippen molar-refractivity contribution in [2.45, 2.75) is 94.3 Å². The number of hydrogen-bond acceptors (Lipinski definition) is 4. The number of hydrogen-bond donors (Lipinski definition) is 1. The van der Waals surface area contributed by atoms with Crippen LogP contribution < -0.4 is 0 Å². The maximum absolute atomic E-state index is 13.5. The van der Waals surface area contributed by atoms with Crippen LogP contribution in [0.25, 0.3) is 0 Å². The highest BCUT2D eigenvalue weighted by Gasteiger charge is 2.65. The lowest BCUT2D eigenvalue weighted by Crippen LogP contribution is -2.34. The molecule has 39 heavy (non-hydrogen) atoms. The largest absolute Gasteiger partial charge is 0.388 e. The number of rotatable bonds is 3. The van der Waals surface area contributed by atoms with Gasteiger partial charge in [0.05, 0.1) is 17.4 Å². The van der Waals surface area contributed by atoms with Crippen LogP contribution in [0.1, 0.15) is 111 Å². The first kappa shape index (κ1) is 27.4. The number of aromatic nitrogens is 1. The number of pyridine rings is 1. The Hall–Kier alpha value is -1.75. The Morgan fingerprint density at radius 1 is 0.974 bits per heavy atom. The summed E-state index contributed by atoms with van der Waals surface area (Å²) in [7, 11) is -9.81. The SMILES string of the molecule is CC1CCCC12OC(c1ccc(S(F)(F)(F)(F)F)cc1)c1c(C3CCOCC3)nc3c(c12)C(O)CC(C)(C)C3. The van der Waals surface area contributed by atoms with Gasteiger partial charge in [0.2, 0.25) is 0 Å². The van der Waals surface area contributed by atoms with Crippen LogP contribution >= 0.6 is 10.2 Å². The van der Waals surface area contributed by atoms with Crippen LogP contribution in [0.2, 0.25) is 0 Å². The van der Waals surface area contributed by atoms with E-state index < -0.39 is 32.9 Å². The van der Waals surface area contributed by atoms with Gasteiger partial charge in [-0.2, -0.15) is 0 Å². The number of benzene rings is 1. The Morgan fingerprint density at radius 2 is 1.64 bits per heavy atom. The molecule has 1 spiro atoms. The number of aliphatic hydroxyl groups excluding tert-OH is 1. The predicted octanol–water partition coefficient (Wildman–Crippen LogP) is 8.77. The smallest absolute Gasteiger partial charge is 0.310 e. The second-order valence-electron chi connectivity index (χ2n) is 12.8. The number of ether oxygens (including phenoxy) is 2. The number of aliphatic hydroxyl groups is 1. The van der Waals surface area contributed by atoms with Crippen LogP contribution in [0.4, 0.5) is 19.4 Å². The molecule has 1 aromatic heterocycles. The standard InChI is InChI=1S/C29H36F5NO3S/c1-17-5-4-12-29(17)25-23-21(15-28(2,3)16-22(23)36)35-26(18-10-13-37-14-11-18)24(25)27(38-29)19-6-8-20(9-7-19)39(30,31,32,33)34/h6-9,17-18,22,27,36H,4-5,10-16H2,1-3H3. The molecule has 10 heteroatoms. The van der Waals surface area contributed by atoms with Crippen LogP contribution in [0.5, 0.6) is 0 Å². The monoisotopic (exact) mass is 573 g/mol. The van der Waals surface area contributed by atoms with E-state index in [1.807, 2.05) is 0 Å². The topological polar surface area (TPSA) is 51.6 Å². The zero-order chi connectivity index (χ0) is 28.1. The highest BCUT2D eigenvalue weighted by atomic mass is 32.5. The van der Waals surface area contributed by atoms with Gasteiger partial charge >= 0.3 is 10.2 Å². The lowest BCUT2D eigenvalue weighted by atomic mass is 9.69. The first-order valence-electron chi connectivity index (χ1n) is 13.8. The zero-order valence-corrected chi connectivity index (χ0v) is 23.3. The Kier molecular flexibility index (Phi) is 5.74. The van der Waals surface area contributed by atoms with E-state index in [2.05, 4.69) is 20.8 Å². The quantitative estimate of drug-likeness (QED) is 0.373. The van der Waals surface area contributed by atoms with Crippen molar-refractivity contribution in [3.8, 4) is 0 Å². The molecule has 1 saturated carbocycles. The summed E-state index contributed by atoms with van der Waals surface area (Å²) in [5, 5.41) is 11.5. The molecular weight excluding hydrogens is 537 g/mol. The van der Waals surface area contributed by atoms with Crippen molar-refractivity contribution >= 4 is 10.2 Å². The van der Waals surface area contributed by atoms with Gasteiger partial charge in [0, 0.05) is 36.0 Å². The van der Waals surface area contributed by atoms with Crippen molar-refractivity contribution in [1.29, 1.82) is 0 Å². The predicted molar refractivity (Wildman–Crippen MR) is 140 cm³/mol. The van der Waals surface area contributed by atoms with E-state index in [1.165, 1.54) is 0 Å². The number of fused-ring (bicyclic) bond motifs is 4. The van der Waals surface area contributed by atoms with E-state index in [-0.39, 0.29) is 17.3 Å². The summed E-state index contributed by atoms with van der Waals surface area (Å²) in [6.07, 6.45) is 3.84. The average molecular weight is 574 g/mol. The lowest BCUT2D eigenvalue weighted by Gasteiger charge is -2.40. The van der Waals surface area contributed by atoms with Crippen molar-refractivity contribution < 1.29 is 34.0 Å². The Labute approximate surface area is 226 Å². The summed E-state index contributed by atoms with van der Waals surface area (Å²) in [5.41, 5.74) is 3.83. The van der Waals surface area contributed by atoms with Gasteiger partial charge in [-0.1, -0.05) is 52.3 Å². The third-order valence-corrected chi connectivity index (χ3v) is 10.5. The van der Waals surface area contributed by atoms with Crippen molar-refractivity contribution in [1.82, 2.24) is 4.98 Å². The molecule has 1 aromatic carbocycles. The van der Waals surface area contributed by atoms with E-state index in [0.29, 0.717) is 43.8 Å². The normalized spacial score (nSPS) is 32.5. The summed E-state index contributed by atoms with van der Waals surface area (Å²) < 4.78 is 80.1. The molecule has 2 aliphatic heterocycles. The second kappa shape index (κ2) is 8.17. The van der Waals surface area contributed by atoms with Gasteiger partial charge in [0.15, 0.2) is 0 Å².